The number of alkyl carbamates (subject to hydrolysis) is 1. The lowest BCUT2D eigenvalue weighted by molar-refractivity contribution is -0.117. The zero-order valence-corrected chi connectivity index (χ0v) is 16.6. The number of benzene rings is 1. The highest BCUT2D eigenvalue weighted by atomic mass is 32.2. The van der Waals surface area contributed by atoms with Crippen LogP contribution in [0.1, 0.15) is 31.9 Å². The van der Waals surface area contributed by atoms with Gasteiger partial charge in [-0.1, -0.05) is 55.1 Å². The number of nitrogens with zero attached hydrogens (tertiary/aromatic N) is 2. The lowest BCUT2D eigenvalue weighted by atomic mass is 10.0. The third kappa shape index (κ3) is 5.70. The molecule has 7 nitrogen and oxygen atoms in total. The maximum Gasteiger partial charge on any atom is 0.413 e. The molecule has 26 heavy (non-hydrogen) atoms. The van der Waals surface area contributed by atoms with Crippen molar-refractivity contribution in [3.63, 3.8) is 0 Å². The lowest BCUT2D eigenvalue weighted by Gasteiger charge is -2.13. The van der Waals surface area contributed by atoms with Gasteiger partial charge in [-0.2, -0.15) is 0 Å². The molecule has 140 valence electrons. The molecular formula is C17H22N4O3S2. The second-order valence-electron chi connectivity index (χ2n) is 5.21. The van der Waals surface area contributed by atoms with Crippen LogP contribution < -0.4 is 10.6 Å². The maximum atomic E-state index is 11.7. The minimum absolute atomic E-state index is 0.0687. The van der Waals surface area contributed by atoms with Gasteiger partial charge >= 0.3 is 6.09 Å². The van der Waals surface area contributed by atoms with E-state index in [1.54, 1.807) is 6.92 Å². The Hall–Kier alpha value is -2.13. The minimum atomic E-state index is -0.735. The molecule has 2 amide bonds. The quantitative estimate of drug-likeness (QED) is 0.658. The summed E-state index contributed by atoms with van der Waals surface area (Å²) in [5.74, 6) is -0.359. The SMILES string of the molecule is CCOC(=O)NC(=O)CSc1nnc(Nc2c(CC)cccc2CC)s1. The number of imide groups is 1. The molecular weight excluding hydrogens is 372 g/mol. The molecule has 0 aliphatic heterocycles. The lowest BCUT2D eigenvalue weighted by Crippen LogP contribution is -2.32. The van der Waals surface area contributed by atoms with Crippen molar-refractivity contribution in [2.24, 2.45) is 0 Å². The van der Waals surface area contributed by atoms with Crippen LogP contribution in [0.15, 0.2) is 22.5 Å². The number of ether oxygens (including phenoxy) is 1. The first kappa shape index (κ1) is 20.2. The van der Waals surface area contributed by atoms with Gasteiger partial charge in [-0.05, 0) is 30.9 Å². The number of hydrogen-bond donors (Lipinski definition) is 2. The second-order valence-corrected chi connectivity index (χ2v) is 7.41. The summed E-state index contributed by atoms with van der Waals surface area (Å²) >= 11 is 2.60. The molecule has 0 spiro atoms. The molecule has 1 heterocycles. The number of carbonyl (C=O) groups is 2. The third-order valence-corrected chi connectivity index (χ3v) is 5.45. The van der Waals surface area contributed by atoms with E-state index in [0.29, 0.717) is 9.47 Å². The Morgan fingerprint density at radius 1 is 1.15 bits per heavy atom. The van der Waals surface area contributed by atoms with E-state index in [-0.39, 0.29) is 12.4 Å². The molecule has 0 fully saturated rings. The van der Waals surface area contributed by atoms with E-state index in [1.165, 1.54) is 34.2 Å². The Balaban J connectivity index is 1.96. The first-order valence-electron chi connectivity index (χ1n) is 8.38. The number of carbonyl (C=O) groups excluding carboxylic acids is 2. The van der Waals surface area contributed by atoms with E-state index in [9.17, 15) is 9.59 Å². The fourth-order valence-corrected chi connectivity index (χ4v) is 3.83. The standard InChI is InChI=1S/C17H22N4O3S2/c1-4-11-8-7-9-12(5-2)14(11)19-15-20-21-17(26-15)25-10-13(22)18-16(23)24-6-3/h7-9H,4-6,10H2,1-3H3,(H,19,20)(H,18,22,23). The van der Waals surface area contributed by atoms with Crippen molar-refractivity contribution in [1.29, 1.82) is 0 Å². The Bertz CT molecular complexity index is 742. The predicted octanol–water partition coefficient (Wildman–Crippen LogP) is 3.77. The molecule has 0 aliphatic carbocycles. The van der Waals surface area contributed by atoms with Crippen molar-refractivity contribution in [3.8, 4) is 0 Å². The van der Waals surface area contributed by atoms with Gasteiger partial charge in [0.2, 0.25) is 11.0 Å². The summed E-state index contributed by atoms with van der Waals surface area (Å²) in [5.41, 5.74) is 3.52. The molecule has 2 N–H and O–H groups in total. The Labute approximate surface area is 160 Å². The number of aryl methyl sites for hydroxylation is 2. The number of anilines is 2. The normalized spacial score (nSPS) is 10.4. The van der Waals surface area contributed by atoms with E-state index in [1.807, 2.05) is 0 Å². The molecule has 0 unspecified atom stereocenters. The molecule has 2 aromatic rings. The number of para-hydroxylation sites is 1. The molecule has 2 rings (SSSR count). The smallest absolute Gasteiger partial charge is 0.413 e. The highest BCUT2D eigenvalue weighted by Gasteiger charge is 2.13. The average molecular weight is 395 g/mol. The topological polar surface area (TPSA) is 93.2 Å². The first-order chi connectivity index (χ1) is 12.6. The van der Waals surface area contributed by atoms with Crippen LogP contribution in [0.3, 0.4) is 0 Å². The minimum Gasteiger partial charge on any atom is -0.450 e. The molecule has 9 heteroatoms. The van der Waals surface area contributed by atoms with E-state index in [0.717, 1.165) is 18.5 Å². The van der Waals surface area contributed by atoms with E-state index in [2.05, 4.69) is 57.6 Å². The number of nitrogens with one attached hydrogen (secondary N) is 2. The molecule has 0 aliphatic rings. The van der Waals surface area contributed by atoms with Crippen molar-refractivity contribution in [1.82, 2.24) is 15.5 Å². The van der Waals surface area contributed by atoms with Crippen molar-refractivity contribution >= 4 is 45.9 Å². The van der Waals surface area contributed by atoms with Crippen molar-refractivity contribution < 1.29 is 14.3 Å². The van der Waals surface area contributed by atoms with Gasteiger partial charge in [0.1, 0.15) is 0 Å². The largest absolute Gasteiger partial charge is 0.450 e. The molecule has 0 radical (unpaired) electrons. The van der Waals surface area contributed by atoms with Gasteiger partial charge in [0, 0.05) is 5.69 Å². The second kappa shape index (κ2) is 10.1. The zero-order valence-electron chi connectivity index (χ0n) is 15.0. The molecule has 0 saturated heterocycles. The molecule has 0 saturated carbocycles. The first-order valence-corrected chi connectivity index (χ1v) is 10.2. The molecule has 1 aromatic heterocycles. The van der Waals surface area contributed by atoms with Gasteiger partial charge in [-0.25, -0.2) is 4.79 Å². The van der Waals surface area contributed by atoms with Gasteiger partial charge < -0.3 is 10.1 Å². The van der Waals surface area contributed by atoms with E-state index < -0.39 is 12.0 Å². The zero-order chi connectivity index (χ0) is 18.9. The third-order valence-electron chi connectivity index (χ3n) is 3.48. The summed E-state index contributed by atoms with van der Waals surface area (Å²) in [6.45, 7) is 6.12. The number of rotatable bonds is 8. The summed E-state index contributed by atoms with van der Waals surface area (Å²) in [6.07, 6.45) is 1.11. The number of amides is 2. The average Bonchev–Trinajstić information content (AvgIpc) is 3.08. The van der Waals surface area contributed by atoms with Crippen LogP contribution in [0.2, 0.25) is 0 Å². The Morgan fingerprint density at radius 3 is 2.46 bits per heavy atom. The summed E-state index contributed by atoms with van der Waals surface area (Å²) < 4.78 is 5.31. The Kier molecular flexibility index (Phi) is 7.86. The van der Waals surface area contributed by atoms with Crippen LogP contribution in [-0.2, 0) is 22.4 Å². The maximum absolute atomic E-state index is 11.7. The number of hydrogen-bond acceptors (Lipinski definition) is 8. The summed E-state index contributed by atoms with van der Waals surface area (Å²) in [5, 5.41) is 14.4. The van der Waals surface area contributed by atoms with Gasteiger partial charge in [-0.15, -0.1) is 10.2 Å². The fraction of sp³-hybridized carbons (Fsp3) is 0.412. The van der Waals surface area contributed by atoms with Crippen molar-refractivity contribution in [3.05, 3.63) is 29.3 Å². The molecule has 0 atom stereocenters. The van der Waals surface area contributed by atoms with E-state index >= 15 is 0 Å². The van der Waals surface area contributed by atoms with Gasteiger partial charge in [0.15, 0.2) is 4.34 Å². The molecule has 1 aromatic carbocycles. The van der Waals surface area contributed by atoms with Crippen molar-refractivity contribution in [2.45, 2.75) is 38.0 Å². The number of thioether (sulfide) groups is 1. The van der Waals surface area contributed by atoms with Crippen LogP contribution in [0.5, 0.6) is 0 Å². The van der Waals surface area contributed by atoms with Gasteiger partial charge in [0.05, 0.1) is 12.4 Å². The summed E-state index contributed by atoms with van der Waals surface area (Å²) in [6, 6.07) is 6.25. The summed E-state index contributed by atoms with van der Waals surface area (Å²) in [4.78, 5) is 22.9. The number of aromatic nitrogens is 2. The highest BCUT2D eigenvalue weighted by Crippen LogP contribution is 2.31. The summed E-state index contributed by atoms with van der Waals surface area (Å²) in [7, 11) is 0. The Morgan fingerprint density at radius 2 is 1.85 bits per heavy atom. The van der Waals surface area contributed by atoms with Crippen LogP contribution in [0.25, 0.3) is 0 Å². The fourth-order valence-electron chi connectivity index (χ4n) is 2.27. The van der Waals surface area contributed by atoms with E-state index in [4.69, 9.17) is 0 Å². The van der Waals surface area contributed by atoms with Crippen LogP contribution in [-0.4, -0.2) is 34.6 Å². The highest BCUT2D eigenvalue weighted by molar-refractivity contribution is 8.01. The van der Waals surface area contributed by atoms with Gasteiger partial charge in [-0.3, -0.25) is 10.1 Å². The van der Waals surface area contributed by atoms with Gasteiger partial charge in [0.25, 0.3) is 0 Å². The van der Waals surface area contributed by atoms with Crippen LogP contribution in [0.4, 0.5) is 15.6 Å². The monoisotopic (exact) mass is 394 g/mol. The van der Waals surface area contributed by atoms with Crippen LogP contribution in [0, 0.1) is 0 Å². The van der Waals surface area contributed by atoms with Crippen LogP contribution >= 0.6 is 23.1 Å². The molecule has 0 bridgehead atoms. The predicted molar refractivity (Wildman–Crippen MR) is 104 cm³/mol. The van der Waals surface area contributed by atoms with Crippen molar-refractivity contribution in [2.75, 3.05) is 17.7 Å².